The Balaban J connectivity index is 1.83. The Morgan fingerprint density at radius 2 is 1.91 bits per heavy atom. The van der Waals surface area contributed by atoms with Gasteiger partial charge in [-0.3, -0.25) is 4.79 Å². The lowest BCUT2D eigenvalue weighted by Crippen LogP contribution is -2.33. The molecule has 0 spiro atoms. The van der Waals surface area contributed by atoms with Gasteiger partial charge in [-0.1, -0.05) is 42.5 Å². The molecular formula is C19H23NO3. The molecule has 2 aromatic carbocycles. The Bertz CT molecular complexity index is 638. The second kappa shape index (κ2) is 7.79. The first kappa shape index (κ1) is 17.0. The van der Waals surface area contributed by atoms with Gasteiger partial charge in [0.2, 0.25) is 5.91 Å². The minimum absolute atomic E-state index is 0.0368. The molecule has 1 amide bonds. The number of benzene rings is 2. The number of carbonyl (C=O) groups is 1. The Kier molecular flexibility index (Phi) is 5.77. The molecule has 0 saturated heterocycles. The molecule has 0 bridgehead atoms. The quantitative estimate of drug-likeness (QED) is 0.826. The van der Waals surface area contributed by atoms with Crippen LogP contribution in [0.3, 0.4) is 0 Å². The van der Waals surface area contributed by atoms with E-state index in [2.05, 4.69) is 5.32 Å². The first-order valence-corrected chi connectivity index (χ1v) is 7.69. The van der Waals surface area contributed by atoms with Crippen molar-refractivity contribution in [3.05, 3.63) is 65.7 Å². The fraction of sp³-hybridized carbons (Fsp3) is 0.316. The highest BCUT2D eigenvalue weighted by Gasteiger charge is 2.26. The lowest BCUT2D eigenvalue weighted by atomic mass is 9.92. The fourth-order valence-electron chi connectivity index (χ4n) is 2.45. The van der Waals surface area contributed by atoms with Crippen molar-refractivity contribution in [2.24, 2.45) is 0 Å². The zero-order valence-electron chi connectivity index (χ0n) is 13.6. The monoisotopic (exact) mass is 313 g/mol. The van der Waals surface area contributed by atoms with Crippen molar-refractivity contribution >= 4 is 5.91 Å². The van der Waals surface area contributed by atoms with Gasteiger partial charge in [-0.2, -0.15) is 0 Å². The van der Waals surface area contributed by atoms with Crippen LogP contribution in [-0.2, 0) is 16.8 Å². The number of carbonyl (C=O) groups excluding carboxylic acids is 1. The van der Waals surface area contributed by atoms with Crippen molar-refractivity contribution in [2.45, 2.75) is 25.4 Å². The summed E-state index contributed by atoms with van der Waals surface area (Å²) in [6.45, 7) is 2.18. The van der Waals surface area contributed by atoms with Crippen molar-refractivity contribution in [2.75, 3.05) is 13.7 Å². The van der Waals surface area contributed by atoms with Crippen LogP contribution in [0, 0.1) is 0 Å². The maximum Gasteiger partial charge on any atom is 0.223 e. The molecule has 0 fully saturated rings. The van der Waals surface area contributed by atoms with E-state index in [-0.39, 0.29) is 12.3 Å². The first-order chi connectivity index (χ1) is 11.0. The predicted molar refractivity (Wildman–Crippen MR) is 90.3 cm³/mol. The molecule has 2 aromatic rings. The number of methoxy groups -OCH3 is 1. The number of nitrogens with one attached hydrogen (secondary N) is 1. The summed E-state index contributed by atoms with van der Waals surface area (Å²) in [6, 6.07) is 17.0. The van der Waals surface area contributed by atoms with Crippen LogP contribution < -0.4 is 10.1 Å². The van der Waals surface area contributed by atoms with Crippen LogP contribution in [0.2, 0.25) is 0 Å². The van der Waals surface area contributed by atoms with Gasteiger partial charge in [0.25, 0.3) is 0 Å². The van der Waals surface area contributed by atoms with E-state index in [9.17, 15) is 9.90 Å². The van der Waals surface area contributed by atoms with Crippen molar-refractivity contribution in [3.8, 4) is 5.75 Å². The van der Waals surface area contributed by atoms with Crippen molar-refractivity contribution in [1.82, 2.24) is 5.32 Å². The van der Waals surface area contributed by atoms with Crippen LogP contribution in [0.5, 0.6) is 5.75 Å². The molecule has 0 saturated carbocycles. The molecule has 1 unspecified atom stereocenters. The van der Waals surface area contributed by atoms with Crippen LogP contribution in [0.25, 0.3) is 0 Å². The summed E-state index contributed by atoms with van der Waals surface area (Å²) >= 11 is 0. The molecule has 4 heteroatoms. The molecule has 0 aliphatic carbocycles. The third-order valence-corrected chi connectivity index (χ3v) is 3.77. The van der Waals surface area contributed by atoms with Crippen molar-refractivity contribution in [1.29, 1.82) is 0 Å². The summed E-state index contributed by atoms with van der Waals surface area (Å²) < 4.78 is 5.18. The standard InChI is InChI=1S/C19H23NO3/c1-19(22,16-8-4-3-5-9-16)14-18(21)20-12-11-15-7-6-10-17(13-15)23-2/h3-10,13,22H,11-12,14H2,1-2H3,(H,20,21). The van der Waals surface area contributed by atoms with Gasteiger partial charge in [0.15, 0.2) is 0 Å². The zero-order valence-corrected chi connectivity index (χ0v) is 13.6. The molecule has 2 rings (SSSR count). The maximum atomic E-state index is 12.0. The minimum Gasteiger partial charge on any atom is -0.497 e. The molecular weight excluding hydrogens is 290 g/mol. The Morgan fingerprint density at radius 1 is 1.17 bits per heavy atom. The summed E-state index contributed by atoms with van der Waals surface area (Å²) in [7, 11) is 1.63. The molecule has 4 nitrogen and oxygen atoms in total. The Morgan fingerprint density at radius 3 is 2.61 bits per heavy atom. The van der Waals surface area contributed by atoms with Crippen molar-refractivity contribution in [3.63, 3.8) is 0 Å². The van der Waals surface area contributed by atoms with Crippen LogP contribution in [0.4, 0.5) is 0 Å². The van der Waals surface area contributed by atoms with Crippen LogP contribution in [0.1, 0.15) is 24.5 Å². The molecule has 1 atom stereocenters. The third kappa shape index (κ3) is 5.11. The molecule has 2 N–H and O–H groups in total. The summed E-state index contributed by atoms with van der Waals surface area (Å²) in [5.74, 6) is 0.641. The molecule has 0 aliphatic heterocycles. The first-order valence-electron chi connectivity index (χ1n) is 7.69. The molecule has 23 heavy (non-hydrogen) atoms. The van der Waals surface area contributed by atoms with E-state index in [4.69, 9.17) is 4.74 Å². The number of rotatable bonds is 7. The Labute approximate surface area is 137 Å². The smallest absolute Gasteiger partial charge is 0.223 e. The Hall–Kier alpha value is -2.33. The number of aliphatic hydroxyl groups is 1. The second-order valence-corrected chi connectivity index (χ2v) is 5.77. The normalized spacial score (nSPS) is 13.2. The highest BCUT2D eigenvalue weighted by Crippen LogP contribution is 2.23. The van der Waals surface area contributed by atoms with Gasteiger partial charge in [0.1, 0.15) is 5.75 Å². The summed E-state index contributed by atoms with van der Waals surface area (Å²) in [6.07, 6.45) is 0.755. The van der Waals surface area contributed by atoms with E-state index in [0.717, 1.165) is 23.3 Å². The second-order valence-electron chi connectivity index (χ2n) is 5.77. The minimum atomic E-state index is -1.17. The van der Waals surface area contributed by atoms with E-state index >= 15 is 0 Å². The number of ether oxygens (including phenoxy) is 1. The molecule has 0 radical (unpaired) electrons. The van der Waals surface area contributed by atoms with Gasteiger partial charge in [0.05, 0.1) is 19.1 Å². The van der Waals surface area contributed by atoms with Gasteiger partial charge in [-0.25, -0.2) is 0 Å². The third-order valence-electron chi connectivity index (χ3n) is 3.77. The van der Waals surface area contributed by atoms with Gasteiger partial charge in [-0.05, 0) is 36.6 Å². The van der Waals surface area contributed by atoms with E-state index in [0.29, 0.717) is 6.54 Å². The largest absolute Gasteiger partial charge is 0.497 e. The van der Waals surface area contributed by atoms with Gasteiger partial charge in [0, 0.05) is 6.54 Å². The highest BCUT2D eigenvalue weighted by molar-refractivity contribution is 5.77. The van der Waals surface area contributed by atoms with Gasteiger partial charge >= 0.3 is 0 Å². The van der Waals surface area contributed by atoms with Crippen LogP contribution >= 0.6 is 0 Å². The summed E-state index contributed by atoms with van der Waals surface area (Å²) in [5.41, 5.74) is 0.670. The topological polar surface area (TPSA) is 58.6 Å². The lowest BCUT2D eigenvalue weighted by molar-refractivity contribution is -0.125. The zero-order chi connectivity index (χ0) is 16.7. The molecule has 0 heterocycles. The lowest BCUT2D eigenvalue weighted by Gasteiger charge is -2.23. The van der Waals surface area contributed by atoms with E-state index in [1.165, 1.54) is 0 Å². The number of hydrogen-bond donors (Lipinski definition) is 2. The van der Waals surface area contributed by atoms with Crippen LogP contribution in [-0.4, -0.2) is 24.7 Å². The van der Waals surface area contributed by atoms with Crippen molar-refractivity contribution < 1.29 is 14.6 Å². The van der Waals surface area contributed by atoms with E-state index in [1.807, 2.05) is 54.6 Å². The predicted octanol–water partition coefficient (Wildman–Crippen LogP) is 2.65. The van der Waals surface area contributed by atoms with Gasteiger partial charge in [-0.15, -0.1) is 0 Å². The van der Waals surface area contributed by atoms with Gasteiger partial charge < -0.3 is 15.2 Å². The van der Waals surface area contributed by atoms with E-state index in [1.54, 1.807) is 14.0 Å². The van der Waals surface area contributed by atoms with E-state index < -0.39 is 5.60 Å². The summed E-state index contributed by atoms with van der Waals surface area (Å²) in [4.78, 5) is 12.0. The fourth-order valence-corrected chi connectivity index (χ4v) is 2.45. The SMILES string of the molecule is COc1cccc(CCNC(=O)CC(C)(O)c2ccccc2)c1. The number of amides is 1. The molecule has 0 aliphatic rings. The molecule has 122 valence electrons. The van der Waals surface area contributed by atoms with Crippen LogP contribution in [0.15, 0.2) is 54.6 Å². The number of hydrogen-bond acceptors (Lipinski definition) is 3. The maximum absolute atomic E-state index is 12.0. The highest BCUT2D eigenvalue weighted by atomic mass is 16.5. The average molecular weight is 313 g/mol. The summed E-state index contributed by atoms with van der Waals surface area (Å²) in [5, 5.41) is 13.3. The molecule has 0 aromatic heterocycles. The average Bonchev–Trinajstić information content (AvgIpc) is 2.55.